The maximum Gasteiger partial charge on any atom is 0.481 e. The molecule has 14 N–H and O–H groups in total. The lowest BCUT2D eigenvalue weighted by Crippen LogP contribution is -2.40. The van der Waals surface area contributed by atoms with E-state index >= 15 is 0 Å². The zero-order valence-electron chi connectivity index (χ0n) is 27.6. The second-order valence-corrected chi connectivity index (χ2v) is 14.8. The Balaban J connectivity index is 0.000000571. The van der Waals surface area contributed by atoms with Gasteiger partial charge in [-0.25, -0.2) is 24.1 Å². The molecule has 2 saturated heterocycles. The number of fused-ring (bicyclic) bond motifs is 1. The third-order valence-electron chi connectivity index (χ3n) is 7.86. The zero-order chi connectivity index (χ0) is 40.1. The number of imidazole rings is 1. The molecule has 11 atom stereocenters. The van der Waals surface area contributed by atoms with Crippen LogP contribution in [0.15, 0.2) is 36.7 Å². The molecule has 5 heterocycles. The van der Waals surface area contributed by atoms with Crippen LogP contribution in [0.25, 0.3) is 11.2 Å². The van der Waals surface area contributed by atoms with Gasteiger partial charge in [0, 0.05) is 24.4 Å². The van der Waals surface area contributed by atoms with E-state index in [9.17, 15) is 53.7 Å². The number of hydrogen-bond donors (Lipinski definition) is 11. The SMILES string of the molecule is NC(=O)C1=CN([C@@H]2O[C@H](COP(=O)(O)OP(=O)(O)OC[C@H]3O[C@@H](n4cnc5c(N)ncnc54)[C@H](O)[C@@H]3O)[C@@H](O)[C@H]2O)C=CC1.NC(CCC(=O)O)C(=O)O. The number of phosphoric ester groups is 2. The Bertz CT molecular complexity index is 1850. The Morgan fingerprint density at radius 2 is 1.50 bits per heavy atom. The molecule has 0 bridgehead atoms. The summed E-state index contributed by atoms with van der Waals surface area (Å²) in [5, 5.41) is 57.9. The third-order valence-corrected chi connectivity index (χ3v) is 10.5. The van der Waals surface area contributed by atoms with Gasteiger partial charge in [-0.05, 0) is 12.8 Å². The molecule has 0 aromatic carbocycles. The van der Waals surface area contributed by atoms with E-state index in [1.54, 1.807) is 6.08 Å². The van der Waals surface area contributed by atoms with Gasteiger partial charge in [0.25, 0.3) is 0 Å². The molecule has 0 spiro atoms. The first kappa shape index (κ1) is 42.8. The number of aliphatic hydroxyl groups is 4. The van der Waals surface area contributed by atoms with E-state index in [0.717, 1.165) is 6.33 Å². The second-order valence-electron chi connectivity index (χ2n) is 11.7. The summed E-state index contributed by atoms with van der Waals surface area (Å²) >= 11 is 0. The highest BCUT2D eigenvalue weighted by molar-refractivity contribution is 7.61. The number of nitrogens with two attached hydrogens (primary N) is 3. The highest BCUT2D eigenvalue weighted by atomic mass is 31.3. The van der Waals surface area contributed by atoms with E-state index in [2.05, 4.69) is 19.3 Å². The fourth-order valence-electron chi connectivity index (χ4n) is 5.08. The Morgan fingerprint density at radius 3 is 2.06 bits per heavy atom. The maximum absolute atomic E-state index is 12.4. The number of carboxylic acid groups (broad SMARTS) is 2. The van der Waals surface area contributed by atoms with Crippen molar-refractivity contribution < 1.29 is 86.8 Å². The largest absolute Gasteiger partial charge is 0.481 e. The van der Waals surface area contributed by atoms with Crippen molar-refractivity contribution in [3.05, 3.63) is 36.7 Å². The molecule has 3 aliphatic heterocycles. The number of carboxylic acids is 2. The monoisotopic (exact) mass is 812 g/mol. The number of carbonyl (C=O) groups excluding carboxylic acids is 1. The van der Waals surface area contributed by atoms with E-state index < -0.39 is 102 Å². The first-order valence-electron chi connectivity index (χ1n) is 15.5. The predicted molar refractivity (Wildman–Crippen MR) is 174 cm³/mol. The van der Waals surface area contributed by atoms with E-state index in [1.165, 1.54) is 28.2 Å². The lowest BCUT2D eigenvalue weighted by atomic mass is 10.1. The minimum absolute atomic E-state index is 0.0231. The Labute approximate surface area is 303 Å². The van der Waals surface area contributed by atoms with E-state index in [4.69, 9.17) is 45.9 Å². The summed E-state index contributed by atoms with van der Waals surface area (Å²) in [4.78, 5) is 64.5. The van der Waals surface area contributed by atoms with Gasteiger partial charge in [0.05, 0.1) is 19.5 Å². The van der Waals surface area contributed by atoms with Gasteiger partial charge in [-0.1, -0.05) is 6.08 Å². The number of aliphatic carboxylic acids is 2. The summed E-state index contributed by atoms with van der Waals surface area (Å²) in [5.74, 6) is -2.85. The number of phosphoric acid groups is 2. The summed E-state index contributed by atoms with van der Waals surface area (Å²) in [6.07, 6.45) is -5.10. The van der Waals surface area contributed by atoms with Gasteiger partial charge in [0.15, 0.2) is 23.9 Å². The van der Waals surface area contributed by atoms with Gasteiger partial charge in [0.1, 0.15) is 54.5 Å². The van der Waals surface area contributed by atoms with E-state index in [-0.39, 0.29) is 41.8 Å². The first-order chi connectivity index (χ1) is 25.2. The summed E-state index contributed by atoms with van der Waals surface area (Å²) in [6, 6.07) is -1.06. The molecule has 2 aromatic heterocycles. The molecular weight excluding hydrogens is 774 g/mol. The normalized spacial score (nSPS) is 29.5. The molecule has 0 saturated carbocycles. The van der Waals surface area contributed by atoms with Crippen LogP contribution in [0, 0.1) is 0 Å². The molecule has 300 valence electrons. The number of ether oxygens (including phenoxy) is 2. The van der Waals surface area contributed by atoms with Crippen LogP contribution in [0.4, 0.5) is 5.82 Å². The highest BCUT2D eigenvalue weighted by Crippen LogP contribution is 2.60. The van der Waals surface area contributed by atoms with Gasteiger partial charge in [0.2, 0.25) is 5.91 Å². The predicted octanol–water partition coefficient (Wildman–Crippen LogP) is -3.42. The molecule has 54 heavy (non-hydrogen) atoms. The summed E-state index contributed by atoms with van der Waals surface area (Å²) in [6.45, 7) is -1.79. The zero-order valence-corrected chi connectivity index (χ0v) is 29.4. The summed E-state index contributed by atoms with van der Waals surface area (Å²) in [5.41, 5.74) is 16.6. The molecule has 2 fully saturated rings. The fourth-order valence-corrected chi connectivity index (χ4v) is 7.17. The lowest BCUT2D eigenvalue weighted by molar-refractivity contribution is -0.139. The van der Waals surface area contributed by atoms with Crippen molar-refractivity contribution in [1.82, 2.24) is 24.4 Å². The van der Waals surface area contributed by atoms with Crippen LogP contribution in [0.5, 0.6) is 0 Å². The van der Waals surface area contributed by atoms with Gasteiger partial charge in [-0.3, -0.25) is 28.0 Å². The number of rotatable bonds is 15. The molecule has 0 radical (unpaired) electrons. The number of hydrogen-bond acceptors (Lipinski definition) is 20. The standard InChI is InChI=1S/C21H29N7O14P2.C5H9NO4/c22-17-12-19(25-7-24-17)28(8-26-12)21-16(32)14(30)11(41-21)6-39-44(36,37)42-43(34,35)38-5-10-13(29)15(31)20(40-10)27-3-1-2-9(4-27)18(23)33;6-3(5(9)10)1-2-4(7)8/h1,3-4,7-8,10-11,13-16,20-21,29-32H,2,5-6H2,(H2,23,33)(H,34,35)(H,36,37)(H2,22,24,25);3H,1-2,6H2,(H,7,8)(H,9,10)/t10-,11-,13-,14-,15-,16-,20-,21-;/m1./s1. The van der Waals surface area contributed by atoms with Gasteiger partial charge in [-0.2, -0.15) is 4.31 Å². The molecule has 3 aliphatic rings. The lowest BCUT2D eigenvalue weighted by Gasteiger charge is -2.28. The van der Waals surface area contributed by atoms with Crippen LogP contribution in [0.3, 0.4) is 0 Å². The second kappa shape index (κ2) is 17.7. The molecule has 3 unspecified atom stereocenters. The molecule has 2 aromatic rings. The van der Waals surface area contributed by atoms with Gasteiger partial charge >= 0.3 is 27.6 Å². The average molecular weight is 813 g/mol. The van der Waals surface area contributed by atoms with Crippen LogP contribution in [-0.2, 0) is 46.3 Å². The first-order valence-corrected chi connectivity index (χ1v) is 18.5. The van der Waals surface area contributed by atoms with Crippen molar-refractivity contribution in [3.63, 3.8) is 0 Å². The van der Waals surface area contributed by atoms with Crippen molar-refractivity contribution >= 4 is 50.5 Å². The number of aromatic nitrogens is 4. The number of amides is 1. The average Bonchev–Trinajstić information content (AvgIpc) is 3.75. The molecule has 28 heteroatoms. The number of allylic oxidation sites excluding steroid dienone is 1. The van der Waals surface area contributed by atoms with Crippen molar-refractivity contribution in [2.24, 2.45) is 11.5 Å². The Hall–Kier alpha value is -3.98. The molecule has 1 amide bonds. The van der Waals surface area contributed by atoms with Crippen molar-refractivity contribution in [1.29, 1.82) is 0 Å². The number of aliphatic hydroxyl groups excluding tert-OH is 4. The molecule has 26 nitrogen and oxygen atoms in total. The molecular formula is C26H38N8O18P2. The number of anilines is 1. The minimum atomic E-state index is -5.37. The smallest absolute Gasteiger partial charge is 0.481 e. The number of carbonyl (C=O) groups is 3. The summed E-state index contributed by atoms with van der Waals surface area (Å²) < 4.78 is 50.8. The minimum Gasteiger partial charge on any atom is -0.481 e. The Morgan fingerprint density at radius 1 is 0.926 bits per heavy atom. The maximum atomic E-state index is 12.4. The topological polar surface area (TPSA) is 418 Å². The van der Waals surface area contributed by atoms with Crippen LogP contribution in [0.2, 0.25) is 0 Å². The number of nitrogens with zero attached hydrogens (tertiary/aromatic N) is 5. The number of primary amides is 1. The highest BCUT2D eigenvalue weighted by Gasteiger charge is 2.48. The van der Waals surface area contributed by atoms with Gasteiger partial charge < -0.3 is 72.0 Å². The third kappa shape index (κ3) is 10.6. The van der Waals surface area contributed by atoms with Crippen LogP contribution in [0.1, 0.15) is 25.5 Å². The fraction of sp³-hybridized carbons (Fsp3) is 0.538. The summed E-state index contributed by atoms with van der Waals surface area (Å²) in [7, 11) is -10.7. The van der Waals surface area contributed by atoms with Gasteiger partial charge in [-0.15, -0.1) is 0 Å². The van der Waals surface area contributed by atoms with Crippen LogP contribution < -0.4 is 17.2 Å². The number of nitrogen functional groups attached to an aromatic ring is 1. The van der Waals surface area contributed by atoms with Crippen LogP contribution >= 0.6 is 15.6 Å². The van der Waals surface area contributed by atoms with Crippen LogP contribution in [-0.4, -0.2) is 145 Å². The van der Waals surface area contributed by atoms with E-state index in [0.29, 0.717) is 0 Å². The van der Waals surface area contributed by atoms with Crippen molar-refractivity contribution in [2.45, 2.75) is 74.4 Å². The van der Waals surface area contributed by atoms with Crippen molar-refractivity contribution in [3.8, 4) is 0 Å². The molecule has 0 aliphatic carbocycles. The Kier molecular flexibility index (Phi) is 14.0. The van der Waals surface area contributed by atoms with E-state index in [1.807, 2.05) is 0 Å². The molecule has 5 rings (SSSR count). The quantitative estimate of drug-likeness (QED) is 0.0780. The van der Waals surface area contributed by atoms with Crippen molar-refractivity contribution in [2.75, 3.05) is 18.9 Å².